The van der Waals surface area contributed by atoms with Crippen molar-refractivity contribution in [2.75, 3.05) is 0 Å². The summed E-state index contributed by atoms with van der Waals surface area (Å²) in [6.45, 7) is 0.354. The van der Waals surface area contributed by atoms with Gasteiger partial charge in [0.1, 0.15) is 18.1 Å². The number of hydroxylamine groups is 1. The number of benzene rings is 2. The smallest absolute Gasteiger partial charge is 0.341 e. The third kappa shape index (κ3) is 3.67. The minimum atomic E-state index is -0.710. The first-order chi connectivity index (χ1) is 11.2. The van der Waals surface area contributed by atoms with E-state index >= 15 is 0 Å². The van der Waals surface area contributed by atoms with E-state index < -0.39 is 12.3 Å². The monoisotopic (exact) mass is 334 g/mol. The molecule has 0 saturated heterocycles. The lowest BCUT2D eigenvalue weighted by atomic mass is 10.1. The number of ether oxygens (including phenoxy) is 2. The van der Waals surface area contributed by atoms with E-state index in [-0.39, 0.29) is 0 Å². The fourth-order valence-corrected chi connectivity index (χ4v) is 2.52. The number of hydrogen-bond donors (Lipinski definition) is 3. The summed E-state index contributed by atoms with van der Waals surface area (Å²) in [5, 5.41) is 11.6. The van der Waals surface area contributed by atoms with Crippen LogP contribution in [0.15, 0.2) is 42.5 Å². The number of fused-ring (bicyclic) bond motifs is 1. The van der Waals surface area contributed by atoms with E-state index in [9.17, 15) is 4.79 Å². The third-order valence-corrected chi connectivity index (χ3v) is 3.83. The Labute approximate surface area is 137 Å². The van der Waals surface area contributed by atoms with Crippen LogP contribution < -0.4 is 20.3 Å². The lowest BCUT2D eigenvalue weighted by Gasteiger charge is -2.12. The van der Waals surface area contributed by atoms with Crippen LogP contribution in [-0.4, -0.2) is 17.5 Å². The molecule has 0 aliphatic carbocycles. The molecular formula is C16H15ClN2O4. The number of urea groups is 1. The minimum Gasteiger partial charge on any atom is -0.489 e. The molecular weight excluding hydrogens is 320 g/mol. The number of rotatable bonds is 4. The molecule has 0 spiro atoms. The number of carbonyl (C=O) groups is 1. The first-order valence-corrected chi connectivity index (χ1v) is 7.40. The summed E-state index contributed by atoms with van der Waals surface area (Å²) in [5.74, 6) is 1.29. The highest BCUT2D eigenvalue weighted by Gasteiger charge is 2.24. The van der Waals surface area contributed by atoms with Gasteiger partial charge in [0, 0.05) is 28.6 Å². The molecule has 2 amide bonds. The van der Waals surface area contributed by atoms with Crippen molar-refractivity contribution in [1.82, 2.24) is 10.8 Å². The van der Waals surface area contributed by atoms with Crippen molar-refractivity contribution in [1.29, 1.82) is 0 Å². The summed E-state index contributed by atoms with van der Waals surface area (Å²) < 4.78 is 11.3. The molecule has 0 bridgehead atoms. The molecule has 3 rings (SSSR count). The van der Waals surface area contributed by atoms with Crippen LogP contribution in [0, 0.1) is 0 Å². The van der Waals surface area contributed by atoms with Gasteiger partial charge in [0.05, 0.1) is 0 Å². The van der Waals surface area contributed by atoms with E-state index in [0.717, 1.165) is 11.1 Å². The molecule has 3 N–H and O–H groups in total. The van der Waals surface area contributed by atoms with Gasteiger partial charge >= 0.3 is 6.03 Å². The number of amides is 2. The Kier molecular flexibility index (Phi) is 4.55. The Balaban J connectivity index is 1.63. The number of nitrogens with one attached hydrogen (secondary N) is 2. The number of hydrogen-bond acceptors (Lipinski definition) is 4. The minimum absolute atomic E-state index is 0.354. The van der Waals surface area contributed by atoms with Crippen LogP contribution in [0.3, 0.4) is 0 Å². The predicted octanol–water partition coefficient (Wildman–Crippen LogP) is 2.87. The van der Waals surface area contributed by atoms with Crippen LogP contribution in [-0.2, 0) is 13.0 Å². The molecule has 0 saturated carbocycles. The highest BCUT2D eigenvalue weighted by atomic mass is 35.5. The van der Waals surface area contributed by atoms with Crippen LogP contribution in [0.2, 0.25) is 5.02 Å². The van der Waals surface area contributed by atoms with Crippen molar-refractivity contribution in [3.8, 4) is 11.5 Å². The molecule has 1 heterocycles. The van der Waals surface area contributed by atoms with E-state index in [2.05, 4.69) is 5.32 Å². The van der Waals surface area contributed by atoms with Gasteiger partial charge < -0.3 is 14.8 Å². The second kappa shape index (κ2) is 6.76. The summed E-state index contributed by atoms with van der Waals surface area (Å²) in [5.41, 5.74) is 3.36. The van der Waals surface area contributed by atoms with E-state index in [4.69, 9.17) is 26.3 Å². The van der Waals surface area contributed by atoms with Crippen LogP contribution in [0.5, 0.6) is 11.5 Å². The molecule has 0 aromatic heterocycles. The summed E-state index contributed by atoms with van der Waals surface area (Å²) in [7, 11) is 0. The van der Waals surface area contributed by atoms with Crippen molar-refractivity contribution in [3.05, 3.63) is 58.6 Å². The maximum Gasteiger partial charge on any atom is 0.341 e. The Morgan fingerprint density at radius 1 is 1.35 bits per heavy atom. The molecule has 1 atom stereocenters. The molecule has 120 valence electrons. The zero-order valence-electron chi connectivity index (χ0n) is 12.1. The van der Waals surface area contributed by atoms with Gasteiger partial charge in [-0.05, 0) is 12.1 Å². The molecule has 0 radical (unpaired) electrons. The molecule has 6 nitrogen and oxygen atoms in total. The van der Waals surface area contributed by atoms with Crippen molar-refractivity contribution in [2.45, 2.75) is 19.3 Å². The van der Waals surface area contributed by atoms with Crippen LogP contribution >= 0.6 is 11.6 Å². The van der Waals surface area contributed by atoms with E-state index in [1.54, 1.807) is 6.07 Å². The Bertz CT molecular complexity index is 723. The van der Waals surface area contributed by atoms with Crippen molar-refractivity contribution in [2.24, 2.45) is 0 Å². The van der Waals surface area contributed by atoms with Gasteiger partial charge in [0.15, 0.2) is 6.23 Å². The van der Waals surface area contributed by atoms with E-state index in [0.29, 0.717) is 29.5 Å². The molecule has 1 aliphatic heterocycles. The van der Waals surface area contributed by atoms with Crippen LogP contribution in [0.4, 0.5) is 4.79 Å². The lowest BCUT2D eigenvalue weighted by Crippen LogP contribution is -2.43. The highest BCUT2D eigenvalue weighted by molar-refractivity contribution is 6.31. The van der Waals surface area contributed by atoms with E-state index in [1.165, 1.54) is 5.48 Å². The lowest BCUT2D eigenvalue weighted by molar-refractivity contribution is 0.137. The van der Waals surface area contributed by atoms with Gasteiger partial charge in [-0.3, -0.25) is 5.21 Å². The summed E-state index contributed by atoms with van der Waals surface area (Å²) in [6, 6.07) is 12.3. The summed E-state index contributed by atoms with van der Waals surface area (Å²) in [6.07, 6.45) is 0.00375. The standard InChI is InChI=1S/C16H15ClN2O4/c17-13-4-2-1-3-11(13)9-22-12-6-5-10-7-15(18-16(20)19-21)23-14(10)8-12/h1-6,8,15,21H,7,9H2,(H2,18,19,20). The normalized spacial score (nSPS) is 15.5. The number of carbonyl (C=O) groups excluding carboxylic acids is 1. The zero-order valence-corrected chi connectivity index (χ0v) is 12.8. The van der Waals surface area contributed by atoms with Gasteiger partial charge in [0.2, 0.25) is 0 Å². The van der Waals surface area contributed by atoms with Crippen molar-refractivity contribution >= 4 is 17.6 Å². The molecule has 1 aliphatic rings. The molecule has 23 heavy (non-hydrogen) atoms. The highest BCUT2D eigenvalue weighted by Crippen LogP contribution is 2.32. The number of halogens is 1. The van der Waals surface area contributed by atoms with Crippen molar-refractivity contribution < 1.29 is 19.5 Å². The van der Waals surface area contributed by atoms with E-state index in [1.807, 2.05) is 36.4 Å². The van der Waals surface area contributed by atoms with Crippen LogP contribution in [0.1, 0.15) is 11.1 Å². The fraction of sp³-hybridized carbons (Fsp3) is 0.188. The predicted molar refractivity (Wildman–Crippen MR) is 83.8 cm³/mol. The second-order valence-corrected chi connectivity index (χ2v) is 5.45. The zero-order chi connectivity index (χ0) is 16.2. The summed E-state index contributed by atoms with van der Waals surface area (Å²) >= 11 is 6.09. The Morgan fingerprint density at radius 2 is 2.17 bits per heavy atom. The maximum atomic E-state index is 11.1. The topological polar surface area (TPSA) is 79.8 Å². The molecule has 2 aromatic rings. The fourth-order valence-electron chi connectivity index (χ4n) is 2.33. The van der Waals surface area contributed by atoms with Gasteiger partial charge in [-0.2, -0.15) is 0 Å². The van der Waals surface area contributed by atoms with Crippen molar-refractivity contribution in [3.63, 3.8) is 0 Å². The Hall–Kier alpha value is -2.44. The van der Waals surface area contributed by atoms with Gasteiger partial charge in [-0.1, -0.05) is 35.9 Å². The van der Waals surface area contributed by atoms with Gasteiger partial charge in [-0.15, -0.1) is 0 Å². The molecule has 2 aromatic carbocycles. The second-order valence-electron chi connectivity index (χ2n) is 5.05. The maximum absolute atomic E-state index is 11.1. The third-order valence-electron chi connectivity index (χ3n) is 3.46. The Morgan fingerprint density at radius 3 is 2.96 bits per heavy atom. The first-order valence-electron chi connectivity index (χ1n) is 7.02. The first kappa shape index (κ1) is 15.5. The average Bonchev–Trinajstić information content (AvgIpc) is 2.95. The average molecular weight is 335 g/mol. The van der Waals surface area contributed by atoms with Crippen LogP contribution in [0.25, 0.3) is 0 Å². The SMILES string of the molecule is O=C(NO)NC1Cc2ccc(OCc3ccccc3Cl)cc2O1. The largest absolute Gasteiger partial charge is 0.489 e. The molecule has 1 unspecified atom stereocenters. The van der Waals surface area contributed by atoms with Gasteiger partial charge in [0.25, 0.3) is 0 Å². The summed E-state index contributed by atoms with van der Waals surface area (Å²) in [4.78, 5) is 11.1. The van der Waals surface area contributed by atoms with Gasteiger partial charge in [-0.25, -0.2) is 10.3 Å². The quantitative estimate of drug-likeness (QED) is 0.593. The molecule has 7 heteroatoms. The molecule has 0 fully saturated rings.